The van der Waals surface area contributed by atoms with E-state index in [1.807, 2.05) is 32.0 Å². The number of carbonyl (C=O) groups excluding carboxylic acids is 1. The van der Waals surface area contributed by atoms with Crippen LogP contribution in [-0.4, -0.2) is 16.1 Å². The summed E-state index contributed by atoms with van der Waals surface area (Å²) in [5.74, 6) is 0. The van der Waals surface area contributed by atoms with Crippen molar-refractivity contribution < 1.29 is 4.79 Å². The maximum absolute atomic E-state index is 10.5. The van der Waals surface area contributed by atoms with Crippen LogP contribution in [0.1, 0.15) is 11.3 Å². The molecule has 0 aliphatic rings. The summed E-state index contributed by atoms with van der Waals surface area (Å²) in [6, 6.07) is 6.08. The quantitative estimate of drug-likeness (QED) is 0.674. The molecule has 0 saturated heterocycles. The molecule has 0 atom stereocenters. The second kappa shape index (κ2) is 3.25. The maximum Gasteiger partial charge on any atom is 0.141 e. The van der Waals surface area contributed by atoms with Crippen LogP contribution in [0.2, 0.25) is 0 Å². The molecule has 14 heavy (non-hydrogen) atoms. The third-order valence-electron chi connectivity index (χ3n) is 2.40. The summed E-state index contributed by atoms with van der Waals surface area (Å²) in [5.41, 5.74) is 3.20. The van der Waals surface area contributed by atoms with E-state index in [1.165, 1.54) is 0 Å². The van der Waals surface area contributed by atoms with Crippen LogP contribution in [-0.2, 0) is 11.3 Å². The molecule has 2 aromatic rings. The fraction of sp³-hybridized carbons (Fsp3) is 0.273. The zero-order valence-electron chi connectivity index (χ0n) is 8.32. The van der Waals surface area contributed by atoms with Gasteiger partial charge in [-0.2, -0.15) is 5.10 Å². The van der Waals surface area contributed by atoms with E-state index < -0.39 is 0 Å². The Morgan fingerprint density at radius 1 is 1.43 bits per heavy atom. The standard InChI is InChI=1S/C11H12N2O/c1-8-4-3-5-10-9(2)12-13(6-7-14)11(8)10/h3-5,7H,6H2,1-2H3. The predicted molar refractivity (Wildman–Crippen MR) is 55.3 cm³/mol. The van der Waals surface area contributed by atoms with E-state index in [1.54, 1.807) is 4.68 Å². The van der Waals surface area contributed by atoms with Crippen LogP contribution in [0.3, 0.4) is 0 Å². The van der Waals surface area contributed by atoms with Gasteiger partial charge in [0.25, 0.3) is 0 Å². The van der Waals surface area contributed by atoms with Crippen LogP contribution in [0.15, 0.2) is 18.2 Å². The molecule has 72 valence electrons. The van der Waals surface area contributed by atoms with Crippen molar-refractivity contribution in [3.8, 4) is 0 Å². The lowest BCUT2D eigenvalue weighted by molar-refractivity contribution is -0.108. The first-order chi connectivity index (χ1) is 6.74. The topological polar surface area (TPSA) is 34.9 Å². The van der Waals surface area contributed by atoms with Crippen LogP contribution >= 0.6 is 0 Å². The van der Waals surface area contributed by atoms with Gasteiger partial charge in [0.1, 0.15) is 6.29 Å². The summed E-state index contributed by atoms with van der Waals surface area (Å²) < 4.78 is 1.76. The molecular formula is C11H12N2O. The molecule has 1 aromatic carbocycles. The lowest BCUT2D eigenvalue weighted by Gasteiger charge is -2.00. The van der Waals surface area contributed by atoms with E-state index in [2.05, 4.69) is 5.10 Å². The van der Waals surface area contributed by atoms with E-state index in [4.69, 9.17) is 0 Å². The molecule has 0 bridgehead atoms. The van der Waals surface area contributed by atoms with Crippen molar-refractivity contribution in [3.05, 3.63) is 29.5 Å². The minimum atomic E-state index is 0.329. The Labute approximate surface area is 82.3 Å². The predicted octanol–water partition coefficient (Wildman–Crippen LogP) is 1.85. The molecule has 1 heterocycles. The summed E-state index contributed by atoms with van der Waals surface area (Å²) in [6.45, 7) is 4.32. The number of rotatable bonds is 2. The average Bonchev–Trinajstić information content (AvgIpc) is 2.46. The zero-order chi connectivity index (χ0) is 10.1. The number of nitrogens with zero attached hydrogens (tertiary/aromatic N) is 2. The van der Waals surface area contributed by atoms with Gasteiger partial charge in [-0.3, -0.25) is 4.68 Å². The van der Waals surface area contributed by atoms with Crippen molar-refractivity contribution >= 4 is 17.2 Å². The number of hydrogen-bond donors (Lipinski definition) is 0. The smallest absolute Gasteiger partial charge is 0.141 e. The Morgan fingerprint density at radius 2 is 2.21 bits per heavy atom. The molecule has 0 amide bonds. The number of carbonyl (C=O) groups is 1. The van der Waals surface area contributed by atoms with Gasteiger partial charge in [-0.1, -0.05) is 18.2 Å². The van der Waals surface area contributed by atoms with E-state index in [9.17, 15) is 4.79 Å². The SMILES string of the molecule is Cc1nn(CC=O)c2c(C)cccc12. The Balaban J connectivity index is 2.78. The van der Waals surface area contributed by atoms with Crippen LogP contribution in [0.25, 0.3) is 10.9 Å². The Kier molecular flexibility index (Phi) is 2.08. The van der Waals surface area contributed by atoms with Gasteiger partial charge in [0.15, 0.2) is 0 Å². The molecule has 0 aliphatic carbocycles. The highest BCUT2D eigenvalue weighted by Crippen LogP contribution is 2.20. The maximum atomic E-state index is 10.5. The molecule has 0 unspecified atom stereocenters. The van der Waals surface area contributed by atoms with Crippen molar-refractivity contribution in [2.45, 2.75) is 20.4 Å². The second-order valence-electron chi connectivity index (χ2n) is 3.41. The summed E-state index contributed by atoms with van der Waals surface area (Å²) in [5, 5.41) is 5.46. The van der Waals surface area contributed by atoms with E-state index in [0.29, 0.717) is 6.54 Å². The van der Waals surface area contributed by atoms with E-state index >= 15 is 0 Å². The number of aryl methyl sites for hydroxylation is 2. The van der Waals surface area contributed by atoms with Gasteiger partial charge in [-0.05, 0) is 19.4 Å². The van der Waals surface area contributed by atoms with Gasteiger partial charge in [0.2, 0.25) is 0 Å². The number of benzene rings is 1. The monoisotopic (exact) mass is 188 g/mol. The minimum absolute atomic E-state index is 0.329. The molecule has 1 aromatic heterocycles. The van der Waals surface area contributed by atoms with Gasteiger partial charge in [-0.25, -0.2) is 0 Å². The number of aldehydes is 1. The van der Waals surface area contributed by atoms with Crippen LogP contribution in [0.4, 0.5) is 0 Å². The van der Waals surface area contributed by atoms with Crippen molar-refractivity contribution in [1.29, 1.82) is 0 Å². The third kappa shape index (κ3) is 1.21. The zero-order valence-corrected chi connectivity index (χ0v) is 8.32. The normalized spacial score (nSPS) is 10.7. The number of fused-ring (bicyclic) bond motifs is 1. The van der Waals surface area contributed by atoms with Gasteiger partial charge in [-0.15, -0.1) is 0 Å². The lowest BCUT2D eigenvalue weighted by atomic mass is 10.1. The lowest BCUT2D eigenvalue weighted by Crippen LogP contribution is -2.01. The van der Waals surface area contributed by atoms with Gasteiger partial charge < -0.3 is 4.79 Å². The second-order valence-corrected chi connectivity index (χ2v) is 3.41. The summed E-state index contributed by atoms with van der Waals surface area (Å²) in [4.78, 5) is 10.5. The first kappa shape index (κ1) is 8.94. The van der Waals surface area contributed by atoms with Crippen LogP contribution < -0.4 is 0 Å². The van der Waals surface area contributed by atoms with E-state index in [-0.39, 0.29) is 0 Å². The number of para-hydroxylation sites is 1. The summed E-state index contributed by atoms with van der Waals surface area (Å²) in [6.07, 6.45) is 0.873. The molecule has 0 N–H and O–H groups in total. The third-order valence-corrected chi connectivity index (χ3v) is 2.40. The molecule has 3 nitrogen and oxygen atoms in total. The van der Waals surface area contributed by atoms with Gasteiger partial charge in [0.05, 0.1) is 17.8 Å². The molecule has 0 saturated carbocycles. The minimum Gasteiger partial charge on any atom is -0.301 e. The first-order valence-corrected chi connectivity index (χ1v) is 4.60. The molecule has 0 radical (unpaired) electrons. The van der Waals surface area contributed by atoms with Crippen LogP contribution in [0.5, 0.6) is 0 Å². The first-order valence-electron chi connectivity index (χ1n) is 4.60. The van der Waals surface area contributed by atoms with Gasteiger partial charge >= 0.3 is 0 Å². The number of aromatic nitrogens is 2. The molecule has 2 rings (SSSR count). The highest BCUT2D eigenvalue weighted by molar-refractivity contribution is 5.85. The summed E-state index contributed by atoms with van der Waals surface area (Å²) in [7, 11) is 0. The Bertz CT molecular complexity index is 485. The van der Waals surface area contributed by atoms with Crippen molar-refractivity contribution in [2.24, 2.45) is 0 Å². The fourth-order valence-electron chi connectivity index (χ4n) is 1.78. The van der Waals surface area contributed by atoms with E-state index in [0.717, 1.165) is 28.4 Å². The average molecular weight is 188 g/mol. The fourth-order valence-corrected chi connectivity index (χ4v) is 1.78. The Hall–Kier alpha value is -1.64. The number of hydrogen-bond acceptors (Lipinski definition) is 2. The molecule has 0 spiro atoms. The largest absolute Gasteiger partial charge is 0.301 e. The van der Waals surface area contributed by atoms with Crippen molar-refractivity contribution in [1.82, 2.24) is 9.78 Å². The molecule has 3 heteroatoms. The Morgan fingerprint density at radius 3 is 2.93 bits per heavy atom. The molecule has 0 aliphatic heterocycles. The van der Waals surface area contributed by atoms with Crippen molar-refractivity contribution in [3.63, 3.8) is 0 Å². The highest BCUT2D eigenvalue weighted by Gasteiger charge is 2.07. The van der Waals surface area contributed by atoms with Crippen LogP contribution in [0, 0.1) is 13.8 Å². The summed E-state index contributed by atoms with van der Waals surface area (Å²) >= 11 is 0. The molecular weight excluding hydrogens is 176 g/mol. The van der Waals surface area contributed by atoms with Gasteiger partial charge in [0, 0.05) is 5.39 Å². The molecule has 0 fully saturated rings. The van der Waals surface area contributed by atoms with Crippen molar-refractivity contribution in [2.75, 3.05) is 0 Å². The highest BCUT2D eigenvalue weighted by atomic mass is 16.1.